The van der Waals surface area contributed by atoms with E-state index in [-0.39, 0.29) is 42.1 Å². The number of carbonyl (C=O) groups excluding carboxylic acids is 3. The molecule has 2 bridgehead atoms. The average Bonchev–Trinajstić information content (AvgIpc) is 3.41. The van der Waals surface area contributed by atoms with Crippen molar-refractivity contribution < 1.29 is 19.1 Å². The van der Waals surface area contributed by atoms with Crippen LogP contribution >= 0.6 is 11.6 Å². The molecule has 0 N–H and O–H groups in total. The number of nitrogens with zero attached hydrogens (tertiary/aromatic N) is 1. The number of carbonyl (C=O) groups is 3. The van der Waals surface area contributed by atoms with Crippen molar-refractivity contribution in [2.45, 2.75) is 13.0 Å². The van der Waals surface area contributed by atoms with E-state index < -0.39 is 5.97 Å². The largest absolute Gasteiger partial charge is 0.457 e. The van der Waals surface area contributed by atoms with Gasteiger partial charge in [-0.2, -0.15) is 0 Å². The molecule has 6 heteroatoms. The summed E-state index contributed by atoms with van der Waals surface area (Å²) >= 11 is 5.85. The highest BCUT2D eigenvalue weighted by Gasteiger charge is 2.59. The highest BCUT2D eigenvalue weighted by Crippen LogP contribution is 2.53. The number of esters is 1. The predicted molar refractivity (Wildman–Crippen MR) is 107 cm³/mol. The van der Waals surface area contributed by atoms with E-state index >= 15 is 0 Å². The minimum atomic E-state index is -0.468. The van der Waals surface area contributed by atoms with Crippen LogP contribution in [0.5, 0.6) is 0 Å². The van der Waals surface area contributed by atoms with Gasteiger partial charge in [-0.1, -0.05) is 35.9 Å². The summed E-state index contributed by atoms with van der Waals surface area (Å²) in [5.41, 5.74) is 1.70. The number of anilines is 1. The summed E-state index contributed by atoms with van der Waals surface area (Å²) in [5.74, 6) is -0.848. The zero-order valence-corrected chi connectivity index (χ0v) is 16.2. The Bertz CT molecular complexity index is 998. The zero-order chi connectivity index (χ0) is 20.1. The van der Waals surface area contributed by atoms with E-state index in [1.807, 2.05) is 0 Å². The molecule has 0 radical (unpaired) electrons. The quantitative estimate of drug-likeness (QED) is 0.436. The minimum Gasteiger partial charge on any atom is -0.457 e. The fraction of sp³-hybridized carbons (Fsp3) is 0.261. The second kappa shape index (κ2) is 6.85. The number of halogens is 1. The lowest BCUT2D eigenvalue weighted by Crippen LogP contribution is -2.32. The van der Waals surface area contributed by atoms with Gasteiger partial charge in [0.15, 0.2) is 0 Å². The van der Waals surface area contributed by atoms with Gasteiger partial charge in [0, 0.05) is 5.02 Å². The maximum absolute atomic E-state index is 12.9. The van der Waals surface area contributed by atoms with Crippen LogP contribution in [0.1, 0.15) is 22.3 Å². The van der Waals surface area contributed by atoms with Crippen molar-refractivity contribution >= 4 is 35.1 Å². The maximum Gasteiger partial charge on any atom is 0.338 e. The molecule has 29 heavy (non-hydrogen) atoms. The van der Waals surface area contributed by atoms with Gasteiger partial charge in [-0.15, -0.1) is 0 Å². The fourth-order valence-corrected chi connectivity index (χ4v) is 4.84. The summed E-state index contributed by atoms with van der Waals surface area (Å²) in [5, 5.41) is 0.620. The molecule has 3 aliphatic rings. The molecule has 0 spiro atoms. The number of fused-ring (bicyclic) bond motifs is 5. The van der Waals surface area contributed by atoms with Crippen LogP contribution in [-0.2, 0) is 20.9 Å². The minimum absolute atomic E-state index is 0.130. The Kier molecular flexibility index (Phi) is 4.28. The maximum atomic E-state index is 12.9. The number of hydrogen-bond donors (Lipinski definition) is 0. The molecule has 1 aliphatic heterocycles. The first-order chi connectivity index (χ1) is 14.0. The van der Waals surface area contributed by atoms with Gasteiger partial charge in [-0.25, -0.2) is 4.79 Å². The summed E-state index contributed by atoms with van der Waals surface area (Å²) < 4.78 is 5.32. The van der Waals surface area contributed by atoms with Gasteiger partial charge in [-0.3, -0.25) is 14.5 Å². The lowest BCUT2D eigenvalue weighted by Gasteiger charge is -2.17. The Morgan fingerprint density at radius 3 is 2.10 bits per heavy atom. The Morgan fingerprint density at radius 1 is 0.931 bits per heavy atom. The molecule has 0 unspecified atom stereocenters. The second-order valence-electron chi connectivity index (χ2n) is 7.76. The zero-order valence-electron chi connectivity index (χ0n) is 15.5. The smallest absolute Gasteiger partial charge is 0.338 e. The lowest BCUT2D eigenvalue weighted by atomic mass is 9.85. The van der Waals surface area contributed by atoms with Crippen LogP contribution in [0.4, 0.5) is 5.69 Å². The van der Waals surface area contributed by atoms with E-state index in [0.717, 1.165) is 12.0 Å². The summed E-state index contributed by atoms with van der Waals surface area (Å²) in [6.45, 7) is 0.139. The number of amides is 2. The topological polar surface area (TPSA) is 63.7 Å². The number of ether oxygens (including phenoxy) is 1. The van der Waals surface area contributed by atoms with E-state index in [1.54, 1.807) is 48.5 Å². The molecule has 5 nitrogen and oxygen atoms in total. The van der Waals surface area contributed by atoms with Crippen molar-refractivity contribution in [2.75, 3.05) is 4.90 Å². The third-order valence-electron chi connectivity index (χ3n) is 6.11. The molecule has 4 atom stereocenters. The van der Waals surface area contributed by atoms with Gasteiger partial charge in [0.2, 0.25) is 11.8 Å². The molecule has 5 rings (SSSR count). The SMILES string of the molecule is O=C(OCc1ccc(Cl)cc1)c1ccc(N2C(=O)[C@@H]3[C@@H](C2=O)[C@H]2C=C[C@@H]3C2)cc1. The first-order valence-electron chi connectivity index (χ1n) is 9.61. The number of hydrogen-bond acceptors (Lipinski definition) is 4. The molecule has 1 heterocycles. The summed E-state index contributed by atoms with van der Waals surface area (Å²) in [6.07, 6.45) is 5.04. The first-order valence-corrected chi connectivity index (χ1v) is 9.98. The van der Waals surface area contributed by atoms with Gasteiger partial charge in [0.05, 0.1) is 23.1 Å². The van der Waals surface area contributed by atoms with Crippen LogP contribution in [-0.4, -0.2) is 17.8 Å². The second-order valence-corrected chi connectivity index (χ2v) is 8.20. The van der Waals surface area contributed by atoms with Crippen molar-refractivity contribution in [3.8, 4) is 0 Å². The van der Waals surface area contributed by atoms with Gasteiger partial charge < -0.3 is 4.74 Å². The number of benzene rings is 2. The van der Waals surface area contributed by atoms with Crippen molar-refractivity contribution in [2.24, 2.45) is 23.7 Å². The fourth-order valence-electron chi connectivity index (χ4n) is 4.72. The first kappa shape index (κ1) is 18.1. The van der Waals surface area contributed by atoms with Crippen LogP contribution in [0.25, 0.3) is 0 Å². The van der Waals surface area contributed by atoms with E-state index in [1.165, 1.54) is 4.90 Å². The van der Waals surface area contributed by atoms with E-state index in [0.29, 0.717) is 16.3 Å². The number of allylic oxidation sites excluding steroid dienone is 2. The molecule has 1 saturated carbocycles. The van der Waals surface area contributed by atoms with Gasteiger partial charge in [0.25, 0.3) is 0 Å². The highest BCUT2D eigenvalue weighted by molar-refractivity contribution is 6.30. The monoisotopic (exact) mass is 407 g/mol. The Morgan fingerprint density at radius 2 is 1.52 bits per heavy atom. The van der Waals surface area contributed by atoms with Crippen LogP contribution in [0.15, 0.2) is 60.7 Å². The molecule has 146 valence electrons. The molecular formula is C23H18ClNO4. The number of imide groups is 1. The summed E-state index contributed by atoms with van der Waals surface area (Å²) in [4.78, 5) is 39.3. The standard InChI is InChI=1S/C23H18ClNO4/c24-17-7-1-13(2-8-17)12-29-23(28)14-5-9-18(10-6-14)25-21(26)19-15-3-4-16(11-15)20(19)22(25)27/h1-10,15-16,19-20H,11-12H2/t15-,16+,19-,20-/m0/s1. The molecule has 2 aromatic rings. The van der Waals surface area contributed by atoms with Crippen LogP contribution < -0.4 is 4.90 Å². The van der Waals surface area contributed by atoms with Gasteiger partial charge >= 0.3 is 5.97 Å². The van der Waals surface area contributed by atoms with E-state index in [9.17, 15) is 14.4 Å². The van der Waals surface area contributed by atoms with Gasteiger partial charge in [-0.05, 0) is 60.2 Å². The van der Waals surface area contributed by atoms with Crippen LogP contribution in [0.2, 0.25) is 5.02 Å². The third-order valence-corrected chi connectivity index (χ3v) is 6.37. The molecule has 2 aromatic carbocycles. The molecule has 2 amide bonds. The molecule has 2 aliphatic carbocycles. The van der Waals surface area contributed by atoms with Crippen molar-refractivity contribution in [3.05, 3.63) is 76.8 Å². The van der Waals surface area contributed by atoms with E-state index in [2.05, 4.69) is 12.2 Å². The molecule has 0 aromatic heterocycles. The Balaban J connectivity index is 1.28. The lowest BCUT2D eigenvalue weighted by molar-refractivity contribution is -0.123. The van der Waals surface area contributed by atoms with Crippen LogP contribution in [0, 0.1) is 23.7 Å². The molecule has 1 saturated heterocycles. The van der Waals surface area contributed by atoms with Crippen molar-refractivity contribution in [3.63, 3.8) is 0 Å². The van der Waals surface area contributed by atoms with Gasteiger partial charge in [0.1, 0.15) is 6.61 Å². The summed E-state index contributed by atoms with van der Waals surface area (Å²) in [6, 6.07) is 13.5. The van der Waals surface area contributed by atoms with Crippen LogP contribution in [0.3, 0.4) is 0 Å². The normalized spacial score (nSPS) is 26.9. The summed E-state index contributed by atoms with van der Waals surface area (Å²) in [7, 11) is 0. The molecule has 2 fully saturated rings. The number of rotatable bonds is 4. The van der Waals surface area contributed by atoms with Crippen molar-refractivity contribution in [1.29, 1.82) is 0 Å². The Hall–Kier alpha value is -2.92. The average molecular weight is 408 g/mol. The molecular weight excluding hydrogens is 390 g/mol. The van der Waals surface area contributed by atoms with E-state index in [4.69, 9.17) is 16.3 Å². The van der Waals surface area contributed by atoms with Crippen molar-refractivity contribution in [1.82, 2.24) is 0 Å². The third kappa shape index (κ3) is 2.97. The highest BCUT2D eigenvalue weighted by atomic mass is 35.5. The predicted octanol–water partition coefficient (Wildman–Crippen LogP) is 4.01. The Labute approximate surface area is 172 Å².